The first kappa shape index (κ1) is 24.4. The van der Waals surface area contributed by atoms with E-state index in [-0.39, 0.29) is 23.6 Å². The molecule has 1 unspecified atom stereocenters. The zero-order valence-corrected chi connectivity index (χ0v) is 21.6. The Balaban J connectivity index is 1.71. The van der Waals surface area contributed by atoms with Gasteiger partial charge in [0.05, 0.1) is 37.8 Å². The second-order valence-corrected chi connectivity index (χ2v) is 9.16. The summed E-state index contributed by atoms with van der Waals surface area (Å²) < 4.78 is 22.7. The molecule has 0 N–H and O–H groups in total. The molecule has 1 atom stereocenters. The number of ether oxygens (including phenoxy) is 3. The molecule has 0 saturated carbocycles. The molecular formula is C30H29NO6. The lowest BCUT2D eigenvalue weighted by molar-refractivity contribution is 0.0714. The van der Waals surface area contributed by atoms with Crippen molar-refractivity contribution in [2.24, 2.45) is 0 Å². The predicted molar refractivity (Wildman–Crippen MR) is 141 cm³/mol. The summed E-state index contributed by atoms with van der Waals surface area (Å²) in [6, 6.07) is 16.1. The molecule has 2 heterocycles. The quantitative estimate of drug-likeness (QED) is 0.331. The normalized spacial score (nSPS) is 14.7. The maximum atomic E-state index is 13.9. The molecule has 3 aromatic carbocycles. The topological polar surface area (TPSA) is 78.2 Å². The molecule has 0 saturated heterocycles. The number of fused-ring (bicyclic) bond motifs is 2. The Morgan fingerprint density at radius 1 is 0.919 bits per heavy atom. The van der Waals surface area contributed by atoms with Crippen molar-refractivity contribution in [1.29, 1.82) is 0 Å². The molecule has 37 heavy (non-hydrogen) atoms. The van der Waals surface area contributed by atoms with Crippen molar-refractivity contribution in [3.63, 3.8) is 0 Å². The van der Waals surface area contributed by atoms with Crippen molar-refractivity contribution >= 4 is 16.9 Å². The molecule has 7 heteroatoms. The minimum atomic E-state index is -0.657. The highest BCUT2D eigenvalue weighted by atomic mass is 16.5. The average molecular weight is 500 g/mol. The van der Waals surface area contributed by atoms with Crippen LogP contribution in [0.1, 0.15) is 51.3 Å². The van der Waals surface area contributed by atoms with Crippen LogP contribution in [0.5, 0.6) is 17.2 Å². The number of aryl methyl sites for hydroxylation is 2. The molecule has 1 aliphatic heterocycles. The second-order valence-electron chi connectivity index (χ2n) is 9.16. The molecule has 1 aliphatic rings. The Kier molecular flexibility index (Phi) is 6.38. The van der Waals surface area contributed by atoms with Crippen molar-refractivity contribution < 1.29 is 23.4 Å². The second kappa shape index (κ2) is 9.65. The van der Waals surface area contributed by atoms with Crippen LogP contribution < -0.4 is 19.6 Å². The molecule has 5 rings (SSSR count). The van der Waals surface area contributed by atoms with Crippen LogP contribution in [0.2, 0.25) is 0 Å². The summed E-state index contributed by atoms with van der Waals surface area (Å²) in [5.74, 6) is 1.60. The summed E-state index contributed by atoms with van der Waals surface area (Å²) in [4.78, 5) is 29.4. The minimum Gasteiger partial charge on any atom is -0.497 e. The lowest BCUT2D eigenvalue weighted by atomic mass is 9.96. The molecule has 1 amide bonds. The number of rotatable bonds is 7. The predicted octanol–water partition coefficient (Wildman–Crippen LogP) is 5.57. The number of carbonyl (C=O) groups excluding carboxylic acids is 1. The van der Waals surface area contributed by atoms with Gasteiger partial charge in [0.2, 0.25) is 5.76 Å². The number of carbonyl (C=O) groups is 1. The Morgan fingerprint density at radius 2 is 1.68 bits per heavy atom. The Hall–Kier alpha value is -4.26. The van der Waals surface area contributed by atoms with Crippen LogP contribution in [0, 0.1) is 13.8 Å². The lowest BCUT2D eigenvalue weighted by Crippen LogP contribution is -2.29. The Bertz CT molecular complexity index is 1550. The van der Waals surface area contributed by atoms with Gasteiger partial charge >= 0.3 is 0 Å². The van der Waals surface area contributed by atoms with E-state index in [9.17, 15) is 9.59 Å². The van der Waals surface area contributed by atoms with Gasteiger partial charge in [-0.15, -0.1) is 0 Å². The Morgan fingerprint density at radius 3 is 2.35 bits per heavy atom. The lowest BCUT2D eigenvalue weighted by Gasteiger charge is -2.26. The van der Waals surface area contributed by atoms with E-state index in [4.69, 9.17) is 18.6 Å². The molecular weight excluding hydrogens is 470 g/mol. The highest BCUT2D eigenvalue weighted by Crippen LogP contribution is 2.42. The van der Waals surface area contributed by atoms with Crippen LogP contribution in [0.25, 0.3) is 11.0 Å². The number of benzene rings is 3. The summed E-state index contributed by atoms with van der Waals surface area (Å²) in [7, 11) is 3.18. The number of hydrogen-bond acceptors (Lipinski definition) is 6. The van der Waals surface area contributed by atoms with E-state index in [2.05, 4.69) is 0 Å². The molecule has 0 fully saturated rings. The molecule has 0 spiro atoms. The maximum absolute atomic E-state index is 13.9. The highest BCUT2D eigenvalue weighted by Gasteiger charge is 2.43. The van der Waals surface area contributed by atoms with E-state index in [1.54, 1.807) is 19.1 Å². The fourth-order valence-corrected chi connectivity index (χ4v) is 5.04. The van der Waals surface area contributed by atoms with Gasteiger partial charge < -0.3 is 23.5 Å². The number of amides is 1. The third-order valence-corrected chi connectivity index (χ3v) is 6.71. The van der Waals surface area contributed by atoms with Crippen molar-refractivity contribution in [3.8, 4) is 17.2 Å². The summed E-state index contributed by atoms with van der Waals surface area (Å²) in [5, 5.41) is 0.471. The SMILES string of the molecule is CCOc1ccc(C2c3c(oc4c(C)cc(C)cc4c3=O)C(=O)N2Cc2ccc(OC)cc2)cc1OC. The van der Waals surface area contributed by atoms with Crippen LogP contribution in [0.3, 0.4) is 0 Å². The third-order valence-electron chi connectivity index (χ3n) is 6.71. The van der Waals surface area contributed by atoms with Gasteiger partial charge in [0.1, 0.15) is 11.3 Å². The van der Waals surface area contributed by atoms with Crippen LogP contribution in [0.4, 0.5) is 0 Å². The summed E-state index contributed by atoms with van der Waals surface area (Å²) in [6.45, 7) is 6.48. The first-order valence-electron chi connectivity index (χ1n) is 12.2. The first-order chi connectivity index (χ1) is 17.9. The van der Waals surface area contributed by atoms with Gasteiger partial charge in [0.15, 0.2) is 16.9 Å². The number of hydrogen-bond donors (Lipinski definition) is 0. The van der Waals surface area contributed by atoms with Crippen LogP contribution in [-0.2, 0) is 6.54 Å². The first-order valence-corrected chi connectivity index (χ1v) is 12.2. The molecule has 4 aromatic rings. The van der Waals surface area contributed by atoms with Gasteiger partial charge in [-0.2, -0.15) is 0 Å². The number of methoxy groups -OCH3 is 2. The molecule has 0 aliphatic carbocycles. The molecule has 7 nitrogen and oxygen atoms in total. The van der Waals surface area contributed by atoms with E-state index in [1.807, 2.05) is 75.4 Å². The minimum absolute atomic E-state index is 0.0795. The van der Waals surface area contributed by atoms with Crippen molar-refractivity contribution in [1.82, 2.24) is 4.90 Å². The zero-order valence-electron chi connectivity index (χ0n) is 21.6. The molecule has 190 valence electrons. The fraction of sp³-hybridized carbons (Fsp3) is 0.267. The van der Waals surface area contributed by atoms with Crippen LogP contribution >= 0.6 is 0 Å². The Labute approximate surface area is 215 Å². The zero-order chi connectivity index (χ0) is 26.3. The summed E-state index contributed by atoms with van der Waals surface area (Å²) >= 11 is 0. The third kappa shape index (κ3) is 4.20. The largest absolute Gasteiger partial charge is 0.497 e. The average Bonchev–Trinajstić information content (AvgIpc) is 3.17. The van der Waals surface area contributed by atoms with Gasteiger partial charge in [-0.25, -0.2) is 0 Å². The fourth-order valence-electron chi connectivity index (χ4n) is 5.04. The monoisotopic (exact) mass is 499 g/mol. The van der Waals surface area contributed by atoms with E-state index >= 15 is 0 Å². The van der Waals surface area contributed by atoms with E-state index < -0.39 is 6.04 Å². The van der Waals surface area contributed by atoms with E-state index in [0.29, 0.717) is 34.6 Å². The van der Waals surface area contributed by atoms with Gasteiger partial charge in [0.25, 0.3) is 5.91 Å². The van der Waals surface area contributed by atoms with E-state index in [0.717, 1.165) is 28.0 Å². The van der Waals surface area contributed by atoms with Crippen molar-refractivity contribution in [2.75, 3.05) is 20.8 Å². The molecule has 1 aromatic heterocycles. The van der Waals surface area contributed by atoms with Gasteiger partial charge in [0, 0.05) is 6.54 Å². The standard InChI is InChI=1S/C30H29NO6/c1-6-36-23-12-9-20(15-24(23)35-5)26-25-27(32)22-14-17(2)13-18(3)28(22)37-29(25)30(33)31(26)16-19-7-10-21(34-4)11-8-19/h7-15,26H,6,16H2,1-5H3. The number of nitrogens with zero attached hydrogens (tertiary/aromatic N) is 1. The van der Waals surface area contributed by atoms with E-state index in [1.165, 1.54) is 0 Å². The highest BCUT2D eigenvalue weighted by molar-refractivity contribution is 5.99. The maximum Gasteiger partial charge on any atom is 0.291 e. The summed E-state index contributed by atoms with van der Waals surface area (Å²) in [6.07, 6.45) is 0. The molecule has 0 radical (unpaired) electrons. The molecule has 0 bridgehead atoms. The summed E-state index contributed by atoms with van der Waals surface area (Å²) in [5.41, 5.74) is 3.98. The van der Waals surface area contributed by atoms with Crippen LogP contribution in [0.15, 0.2) is 63.8 Å². The van der Waals surface area contributed by atoms with Crippen molar-refractivity contribution in [2.45, 2.75) is 33.4 Å². The van der Waals surface area contributed by atoms with Gasteiger partial charge in [-0.05, 0) is 73.4 Å². The van der Waals surface area contributed by atoms with Crippen LogP contribution in [-0.4, -0.2) is 31.6 Å². The van der Waals surface area contributed by atoms with Crippen molar-refractivity contribution in [3.05, 3.63) is 98.4 Å². The smallest absolute Gasteiger partial charge is 0.291 e. The van der Waals surface area contributed by atoms with Gasteiger partial charge in [-0.1, -0.05) is 24.3 Å². The van der Waals surface area contributed by atoms with Gasteiger partial charge in [-0.3, -0.25) is 9.59 Å².